The Morgan fingerprint density at radius 3 is 2.38 bits per heavy atom. The summed E-state index contributed by atoms with van der Waals surface area (Å²) in [5, 5.41) is 3.41. The van der Waals surface area contributed by atoms with Gasteiger partial charge in [-0.25, -0.2) is 0 Å². The second-order valence-electron chi connectivity index (χ2n) is 4.73. The molecule has 1 N–H and O–H groups in total. The lowest BCUT2D eigenvalue weighted by Crippen LogP contribution is -2.50. The predicted octanol–water partition coefficient (Wildman–Crippen LogP) is 1.87. The minimum absolute atomic E-state index is 0.503. The van der Waals surface area contributed by atoms with Gasteiger partial charge in [-0.3, -0.25) is 4.90 Å². The summed E-state index contributed by atoms with van der Waals surface area (Å²) in [7, 11) is 2.07. The fraction of sp³-hybridized carbons (Fsp3) is 1.00. The molecule has 2 atom stereocenters. The third kappa shape index (κ3) is 3.72. The number of hydrogen-bond donors (Lipinski definition) is 1. The van der Waals surface area contributed by atoms with Crippen molar-refractivity contribution in [2.45, 2.75) is 58.2 Å². The molecule has 16 heavy (non-hydrogen) atoms. The predicted molar refractivity (Wildman–Crippen MR) is 68.8 cm³/mol. The van der Waals surface area contributed by atoms with Crippen LogP contribution in [-0.4, -0.2) is 49.8 Å². The lowest BCUT2D eigenvalue weighted by molar-refractivity contribution is 0.00182. The van der Waals surface area contributed by atoms with Crippen molar-refractivity contribution in [3.63, 3.8) is 0 Å². The van der Waals surface area contributed by atoms with Gasteiger partial charge in [0, 0.05) is 31.8 Å². The number of likely N-dealkylation sites (tertiary alicyclic amines) is 1. The zero-order valence-electron chi connectivity index (χ0n) is 11.3. The van der Waals surface area contributed by atoms with Crippen LogP contribution in [0.25, 0.3) is 0 Å². The summed E-state index contributed by atoms with van der Waals surface area (Å²) in [5.41, 5.74) is 0. The molecule has 1 heterocycles. The average molecular weight is 228 g/mol. The van der Waals surface area contributed by atoms with E-state index >= 15 is 0 Å². The number of piperidine rings is 1. The number of ether oxygens (including phenoxy) is 1. The molecule has 2 unspecified atom stereocenters. The lowest BCUT2D eigenvalue weighted by Gasteiger charge is -2.39. The molecule has 1 rings (SSSR count). The molecule has 1 aliphatic heterocycles. The smallest absolute Gasteiger partial charge is 0.0599 e. The molecular formula is C13H28N2O. The number of likely N-dealkylation sites (N-methyl/N-ethyl adjacent to an activating group) is 1. The summed E-state index contributed by atoms with van der Waals surface area (Å²) in [6.45, 7) is 9.90. The Hall–Kier alpha value is -0.120. The van der Waals surface area contributed by atoms with E-state index in [-0.39, 0.29) is 0 Å². The van der Waals surface area contributed by atoms with E-state index in [1.807, 2.05) is 0 Å². The number of hydrogen-bond acceptors (Lipinski definition) is 3. The second-order valence-corrected chi connectivity index (χ2v) is 4.73. The molecular weight excluding hydrogens is 200 g/mol. The van der Waals surface area contributed by atoms with Crippen molar-refractivity contribution in [3.8, 4) is 0 Å². The van der Waals surface area contributed by atoms with Gasteiger partial charge < -0.3 is 10.1 Å². The molecule has 3 nitrogen and oxygen atoms in total. The van der Waals surface area contributed by atoms with Gasteiger partial charge in [-0.15, -0.1) is 0 Å². The van der Waals surface area contributed by atoms with Crippen LogP contribution < -0.4 is 5.32 Å². The van der Waals surface area contributed by atoms with Gasteiger partial charge in [-0.05, 0) is 40.2 Å². The van der Waals surface area contributed by atoms with Gasteiger partial charge in [0.15, 0.2) is 0 Å². The topological polar surface area (TPSA) is 24.5 Å². The molecule has 0 amide bonds. The minimum Gasteiger partial charge on any atom is -0.378 e. The molecule has 0 aromatic heterocycles. The van der Waals surface area contributed by atoms with Crippen molar-refractivity contribution in [2.75, 3.05) is 26.7 Å². The van der Waals surface area contributed by atoms with Gasteiger partial charge in [-0.2, -0.15) is 0 Å². The first-order chi connectivity index (χ1) is 7.72. The van der Waals surface area contributed by atoms with E-state index in [9.17, 15) is 0 Å². The minimum atomic E-state index is 0.503. The zero-order chi connectivity index (χ0) is 12.0. The van der Waals surface area contributed by atoms with Crippen LogP contribution >= 0.6 is 0 Å². The van der Waals surface area contributed by atoms with Crippen LogP contribution in [-0.2, 0) is 4.74 Å². The highest BCUT2D eigenvalue weighted by Gasteiger charge is 2.26. The van der Waals surface area contributed by atoms with Crippen LogP contribution in [0.4, 0.5) is 0 Å². The molecule has 1 saturated heterocycles. The summed E-state index contributed by atoms with van der Waals surface area (Å²) in [6, 6.07) is 1.25. The summed E-state index contributed by atoms with van der Waals surface area (Å²) >= 11 is 0. The van der Waals surface area contributed by atoms with E-state index in [1.165, 1.54) is 32.4 Å². The van der Waals surface area contributed by atoms with Gasteiger partial charge in [0.2, 0.25) is 0 Å². The molecule has 0 bridgehead atoms. The molecule has 0 aromatic rings. The molecule has 96 valence electrons. The van der Waals surface area contributed by atoms with E-state index in [1.54, 1.807) is 0 Å². The van der Waals surface area contributed by atoms with Crippen LogP contribution in [0.2, 0.25) is 0 Å². The van der Waals surface area contributed by atoms with Gasteiger partial charge in [0.25, 0.3) is 0 Å². The van der Waals surface area contributed by atoms with E-state index in [0.717, 1.165) is 6.61 Å². The highest BCUT2D eigenvalue weighted by molar-refractivity contribution is 4.83. The maximum atomic E-state index is 5.68. The maximum Gasteiger partial charge on any atom is 0.0599 e. The fourth-order valence-electron chi connectivity index (χ4n) is 2.73. The first-order valence-corrected chi connectivity index (χ1v) is 6.75. The van der Waals surface area contributed by atoms with Crippen molar-refractivity contribution in [1.82, 2.24) is 10.2 Å². The van der Waals surface area contributed by atoms with E-state index in [4.69, 9.17) is 4.74 Å². The van der Waals surface area contributed by atoms with Crippen LogP contribution in [0.3, 0.4) is 0 Å². The first-order valence-electron chi connectivity index (χ1n) is 6.75. The quantitative estimate of drug-likeness (QED) is 0.751. The van der Waals surface area contributed by atoms with Crippen molar-refractivity contribution in [1.29, 1.82) is 0 Å². The summed E-state index contributed by atoms with van der Waals surface area (Å²) < 4.78 is 5.68. The Kier molecular flexibility index (Phi) is 6.32. The van der Waals surface area contributed by atoms with Gasteiger partial charge >= 0.3 is 0 Å². The van der Waals surface area contributed by atoms with Crippen molar-refractivity contribution >= 4 is 0 Å². The zero-order valence-corrected chi connectivity index (χ0v) is 11.3. The lowest BCUT2D eigenvalue weighted by atomic mass is 10.0. The summed E-state index contributed by atoms with van der Waals surface area (Å²) in [5.74, 6) is 0. The summed E-state index contributed by atoms with van der Waals surface area (Å²) in [6.07, 6.45) is 4.09. The third-order valence-electron chi connectivity index (χ3n) is 3.85. The molecule has 0 radical (unpaired) electrons. The Morgan fingerprint density at radius 2 is 1.94 bits per heavy atom. The first kappa shape index (κ1) is 13.9. The molecule has 1 aliphatic rings. The normalized spacial score (nSPS) is 23.2. The second kappa shape index (κ2) is 7.25. The van der Waals surface area contributed by atoms with Crippen LogP contribution in [0, 0.1) is 0 Å². The fourth-order valence-corrected chi connectivity index (χ4v) is 2.73. The van der Waals surface area contributed by atoms with Crippen LogP contribution in [0.15, 0.2) is 0 Å². The Bertz CT molecular complexity index is 175. The Balaban J connectivity index is 2.34. The van der Waals surface area contributed by atoms with Crippen molar-refractivity contribution in [3.05, 3.63) is 0 Å². The van der Waals surface area contributed by atoms with Crippen molar-refractivity contribution in [2.24, 2.45) is 0 Å². The van der Waals surface area contributed by atoms with Crippen molar-refractivity contribution < 1.29 is 4.74 Å². The van der Waals surface area contributed by atoms with Gasteiger partial charge in [-0.1, -0.05) is 6.92 Å². The molecule has 1 fully saturated rings. The summed E-state index contributed by atoms with van der Waals surface area (Å²) in [4.78, 5) is 2.60. The highest BCUT2D eigenvalue weighted by Crippen LogP contribution is 2.18. The van der Waals surface area contributed by atoms with E-state index in [2.05, 4.69) is 38.0 Å². The maximum absolute atomic E-state index is 5.68. The van der Waals surface area contributed by atoms with Gasteiger partial charge in [0.1, 0.15) is 0 Å². The molecule has 0 spiro atoms. The van der Waals surface area contributed by atoms with Crippen LogP contribution in [0.1, 0.15) is 40.0 Å². The monoisotopic (exact) mass is 228 g/mol. The van der Waals surface area contributed by atoms with E-state index in [0.29, 0.717) is 18.2 Å². The molecule has 0 aromatic carbocycles. The Morgan fingerprint density at radius 1 is 1.31 bits per heavy atom. The molecule has 0 saturated carbocycles. The SMILES string of the molecule is CCOC1CCN(C(C)C(CC)NC)CC1. The average Bonchev–Trinajstić information content (AvgIpc) is 2.32. The number of nitrogens with zero attached hydrogens (tertiary/aromatic N) is 1. The largest absolute Gasteiger partial charge is 0.378 e. The molecule has 0 aliphatic carbocycles. The number of rotatable bonds is 6. The van der Waals surface area contributed by atoms with Crippen LogP contribution in [0.5, 0.6) is 0 Å². The number of nitrogens with one attached hydrogen (secondary N) is 1. The van der Waals surface area contributed by atoms with E-state index < -0.39 is 0 Å². The third-order valence-corrected chi connectivity index (χ3v) is 3.85. The highest BCUT2D eigenvalue weighted by atomic mass is 16.5. The van der Waals surface area contributed by atoms with Gasteiger partial charge in [0.05, 0.1) is 6.10 Å². The Labute approximate surface area is 101 Å². The standard InChI is InChI=1S/C13H28N2O/c1-5-13(14-4)11(3)15-9-7-12(8-10-15)16-6-2/h11-14H,5-10H2,1-4H3. The molecule has 3 heteroatoms.